The molecule has 2 saturated heterocycles. The molecule has 0 radical (unpaired) electrons. The summed E-state index contributed by atoms with van der Waals surface area (Å²) in [5.74, 6) is 0.422. The molecule has 0 aromatic heterocycles. The summed E-state index contributed by atoms with van der Waals surface area (Å²) in [6, 6.07) is 10.1. The monoisotopic (exact) mass is 315 g/mol. The third kappa shape index (κ3) is 4.32. The molecule has 5 nitrogen and oxygen atoms in total. The van der Waals surface area contributed by atoms with Gasteiger partial charge in [-0.3, -0.25) is 14.5 Å². The van der Waals surface area contributed by atoms with Crippen LogP contribution in [0.1, 0.15) is 37.2 Å². The Kier molecular flexibility index (Phi) is 5.28. The van der Waals surface area contributed by atoms with E-state index in [1.54, 1.807) is 0 Å². The first kappa shape index (κ1) is 16.0. The first-order valence-electron chi connectivity index (χ1n) is 8.57. The van der Waals surface area contributed by atoms with Crippen LogP contribution in [0.4, 0.5) is 0 Å². The summed E-state index contributed by atoms with van der Waals surface area (Å²) in [6.45, 7) is 2.95. The second-order valence-electron chi connectivity index (χ2n) is 6.54. The smallest absolute Gasteiger partial charge is 0.242 e. The van der Waals surface area contributed by atoms with Crippen molar-refractivity contribution in [3.8, 4) is 0 Å². The van der Waals surface area contributed by atoms with Gasteiger partial charge in [0.15, 0.2) is 0 Å². The Morgan fingerprint density at radius 1 is 1.22 bits per heavy atom. The van der Waals surface area contributed by atoms with Gasteiger partial charge >= 0.3 is 0 Å². The van der Waals surface area contributed by atoms with Crippen molar-refractivity contribution in [2.24, 2.45) is 0 Å². The summed E-state index contributed by atoms with van der Waals surface area (Å²) in [4.78, 5) is 26.3. The van der Waals surface area contributed by atoms with Gasteiger partial charge in [-0.15, -0.1) is 0 Å². The van der Waals surface area contributed by atoms with Crippen LogP contribution in [0.5, 0.6) is 0 Å². The SMILES string of the molecule is O=C(CN1CC[C@@H](c2ccccc2)C1)N[C@H]1CCCCNC1=O. The van der Waals surface area contributed by atoms with Crippen LogP contribution >= 0.6 is 0 Å². The molecule has 5 heteroatoms. The molecule has 2 N–H and O–H groups in total. The minimum atomic E-state index is -0.363. The quantitative estimate of drug-likeness (QED) is 0.879. The molecule has 3 rings (SSSR count). The molecule has 2 atom stereocenters. The highest BCUT2D eigenvalue weighted by atomic mass is 16.2. The molecular formula is C18H25N3O2. The molecule has 2 fully saturated rings. The second kappa shape index (κ2) is 7.59. The van der Waals surface area contributed by atoms with Crippen LogP contribution in [0.3, 0.4) is 0 Å². The first-order valence-corrected chi connectivity index (χ1v) is 8.57. The zero-order valence-electron chi connectivity index (χ0n) is 13.5. The van der Waals surface area contributed by atoms with E-state index in [-0.39, 0.29) is 17.9 Å². The zero-order chi connectivity index (χ0) is 16.1. The lowest BCUT2D eigenvalue weighted by Crippen LogP contribution is -2.48. The lowest BCUT2D eigenvalue weighted by Gasteiger charge is -2.19. The van der Waals surface area contributed by atoms with E-state index in [1.165, 1.54) is 5.56 Å². The van der Waals surface area contributed by atoms with Crippen molar-refractivity contribution in [1.82, 2.24) is 15.5 Å². The summed E-state index contributed by atoms with van der Waals surface area (Å²) < 4.78 is 0. The van der Waals surface area contributed by atoms with E-state index < -0.39 is 0 Å². The van der Waals surface area contributed by atoms with Gasteiger partial charge in [0.25, 0.3) is 0 Å². The molecule has 2 heterocycles. The van der Waals surface area contributed by atoms with E-state index in [2.05, 4.69) is 39.8 Å². The second-order valence-corrected chi connectivity index (χ2v) is 6.54. The normalized spacial score (nSPS) is 25.7. The minimum absolute atomic E-state index is 0.0410. The molecule has 2 amide bonds. The van der Waals surface area contributed by atoms with Crippen LogP contribution in [0.2, 0.25) is 0 Å². The van der Waals surface area contributed by atoms with E-state index in [0.717, 1.165) is 45.3 Å². The van der Waals surface area contributed by atoms with Crippen molar-refractivity contribution in [3.05, 3.63) is 35.9 Å². The van der Waals surface area contributed by atoms with Gasteiger partial charge in [0.05, 0.1) is 6.54 Å². The Bertz CT molecular complexity index is 546. The average molecular weight is 315 g/mol. The molecule has 23 heavy (non-hydrogen) atoms. The topological polar surface area (TPSA) is 61.4 Å². The minimum Gasteiger partial charge on any atom is -0.354 e. The van der Waals surface area contributed by atoms with Crippen molar-refractivity contribution in [2.75, 3.05) is 26.2 Å². The molecule has 124 valence electrons. The van der Waals surface area contributed by atoms with Crippen molar-refractivity contribution >= 4 is 11.8 Å². The number of carbonyl (C=O) groups excluding carboxylic acids is 2. The van der Waals surface area contributed by atoms with E-state index in [0.29, 0.717) is 12.5 Å². The number of likely N-dealkylation sites (tertiary alicyclic amines) is 1. The van der Waals surface area contributed by atoms with E-state index in [4.69, 9.17) is 0 Å². The number of rotatable bonds is 4. The summed E-state index contributed by atoms with van der Waals surface area (Å²) >= 11 is 0. The number of hydrogen-bond acceptors (Lipinski definition) is 3. The van der Waals surface area contributed by atoms with Crippen LogP contribution in [-0.4, -0.2) is 48.9 Å². The molecule has 2 aliphatic heterocycles. The Morgan fingerprint density at radius 3 is 2.87 bits per heavy atom. The average Bonchev–Trinajstić information content (AvgIpc) is 2.93. The Hall–Kier alpha value is -1.88. The Labute approximate surface area is 137 Å². The number of nitrogens with one attached hydrogen (secondary N) is 2. The number of nitrogens with zero attached hydrogens (tertiary/aromatic N) is 1. The van der Waals surface area contributed by atoms with Gasteiger partial charge in [-0.2, -0.15) is 0 Å². The molecule has 0 spiro atoms. The van der Waals surface area contributed by atoms with Crippen molar-refractivity contribution in [2.45, 2.75) is 37.6 Å². The number of carbonyl (C=O) groups is 2. The summed E-state index contributed by atoms with van der Waals surface area (Å²) in [5.41, 5.74) is 1.35. The number of amides is 2. The largest absolute Gasteiger partial charge is 0.354 e. The maximum absolute atomic E-state index is 12.2. The molecule has 2 aliphatic rings. The van der Waals surface area contributed by atoms with Crippen LogP contribution in [-0.2, 0) is 9.59 Å². The summed E-state index contributed by atoms with van der Waals surface area (Å²) in [6.07, 6.45) is 3.79. The van der Waals surface area contributed by atoms with Gasteiger partial charge in [-0.25, -0.2) is 0 Å². The van der Waals surface area contributed by atoms with Crippen LogP contribution in [0, 0.1) is 0 Å². The van der Waals surface area contributed by atoms with Crippen molar-refractivity contribution in [3.63, 3.8) is 0 Å². The lowest BCUT2D eigenvalue weighted by atomic mass is 9.99. The Balaban J connectivity index is 1.48. The third-order valence-corrected chi connectivity index (χ3v) is 4.78. The molecule has 0 unspecified atom stereocenters. The molecule has 0 bridgehead atoms. The van der Waals surface area contributed by atoms with E-state index >= 15 is 0 Å². The molecule has 0 saturated carbocycles. The molecular weight excluding hydrogens is 290 g/mol. The standard InChI is InChI=1S/C18H25N3O2/c22-17(20-16-8-4-5-10-19-18(16)23)13-21-11-9-15(12-21)14-6-2-1-3-7-14/h1-3,6-7,15-16H,4-5,8-13H2,(H,19,23)(H,20,22)/t15-,16+/m1/s1. The van der Waals surface area contributed by atoms with Gasteiger partial charge in [0.2, 0.25) is 11.8 Å². The first-order chi connectivity index (χ1) is 11.2. The van der Waals surface area contributed by atoms with Crippen molar-refractivity contribution < 1.29 is 9.59 Å². The van der Waals surface area contributed by atoms with Gasteiger partial charge in [-0.05, 0) is 43.7 Å². The zero-order valence-corrected chi connectivity index (χ0v) is 13.5. The summed E-state index contributed by atoms with van der Waals surface area (Å²) in [5, 5.41) is 5.75. The lowest BCUT2D eigenvalue weighted by molar-refractivity contribution is -0.129. The summed E-state index contributed by atoms with van der Waals surface area (Å²) in [7, 11) is 0. The predicted molar refractivity (Wildman–Crippen MR) is 89.0 cm³/mol. The number of hydrogen-bond donors (Lipinski definition) is 2. The van der Waals surface area contributed by atoms with Gasteiger partial charge < -0.3 is 10.6 Å². The van der Waals surface area contributed by atoms with E-state index in [9.17, 15) is 9.59 Å². The maximum Gasteiger partial charge on any atom is 0.242 e. The van der Waals surface area contributed by atoms with E-state index in [1.807, 2.05) is 6.07 Å². The molecule has 1 aromatic rings. The highest BCUT2D eigenvalue weighted by Gasteiger charge is 2.27. The van der Waals surface area contributed by atoms with Crippen LogP contribution in [0.25, 0.3) is 0 Å². The van der Waals surface area contributed by atoms with Crippen molar-refractivity contribution in [1.29, 1.82) is 0 Å². The fraction of sp³-hybridized carbons (Fsp3) is 0.556. The van der Waals surface area contributed by atoms with Crippen LogP contribution < -0.4 is 10.6 Å². The number of benzene rings is 1. The van der Waals surface area contributed by atoms with Gasteiger partial charge in [-0.1, -0.05) is 30.3 Å². The van der Waals surface area contributed by atoms with Gasteiger partial charge in [0.1, 0.15) is 6.04 Å². The highest BCUT2D eigenvalue weighted by molar-refractivity contribution is 5.88. The fourth-order valence-corrected chi connectivity index (χ4v) is 3.49. The van der Waals surface area contributed by atoms with Crippen LogP contribution in [0.15, 0.2) is 30.3 Å². The molecule has 0 aliphatic carbocycles. The molecule has 1 aromatic carbocycles. The Morgan fingerprint density at radius 2 is 2.04 bits per heavy atom. The highest BCUT2D eigenvalue weighted by Crippen LogP contribution is 2.26. The predicted octanol–water partition coefficient (Wildman–Crippen LogP) is 1.26. The fourth-order valence-electron chi connectivity index (χ4n) is 3.49. The van der Waals surface area contributed by atoms with Gasteiger partial charge in [0, 0.05) is 13.1 Å². The third-order valence-electron chi connectivity index (χ3n) is 4.78. The maximum atomic E-state index is 12.2.